The molecule has 0 aliphatic heterocycles. The van der Waals surface area contributed by atoms with Crippen molar-refractivity contribution >= 4 is 11.6 Å². The van der Waals surface area contributed by atoms with E-state index in [4.69, 9.17) is 10.5 Å². The van der Waals surface area contributed by atoms with Crippen LogP contribution in [0.15, 0.2) is 18.2 Å². The molecular formula is C15H22N2O2. The molecule has 1 aromatic rings. The van der Waals surface area contributed by atoms with Crippen molar-refractivity contribution < 1.29 is 9.53 Å². The first-order valence-corrected chi connectivity index (χ1v) is 7.05. The van der Waals surface area contributed by atoms with Crippen LogP contribution in [0.4, 0.5) is 5.69 Å². The summed E-state index contributed by atoms with van der Waals surface area (Å²) in [4.78, 5) is 11.8. The van der Waals surface area contributed by atoms with Crippen molar-refractivity contribution in [3.05, 3.63) is 23.8 Å². The zero-order valence-electron chi connectivity index (χ0n) is 11.4. The van der Waals surface area contributed by atoms with Crippen molar-refractivity contribution in [2.45, 2.75) is 45.1 Å². The summed E-state index contributed by atoms with van der Waals surface area (Å²) < 4.78 is 5.95. The highest BCUT2D eigenvalue weighted by Gasteiger charge is 2.17. The second-order valence-electron chi connectivity index (χ2n) is 4.99. The quantitative estimate of drug-likeness (QED) is 0.820. The van der Waals surface area contributed by atoms with E-state index in [9.17, 15) is 4.79 Å². The predicted octanol–water partition coefficient (Wildman–Crippen LogP) is 2.73. The van der Waals surface area contributed by atoms with E-state index in [1.54, 1.807) is 18.2 Å². The van der Waals surface area contributed by atoms with Crippen molar-refractivity contribution in [2.24, 2.45) is 0 Å². The van der Waals surface area contributed by atoms with Gasteiger partial charge in [-0.05, 0) is 50.8 Å². The van der Waals surface area contributed by atoms with Crippen molar-refractivity contribution in [1.82, 2.24) is 5.32 Å². The van der Waals surface area contributed by atoms with Crippen LogP contribution in [-0.4, -0.2) is 18.6 Å². The summed E-state index contributed by atoms with van der Waals surface area (Å²) in [5, 5.41) is 2.78. The average Bonchev–Trinajstić information content (AvgIpc) is 2.42. The van der Waals surface area contributed by atoms with E-state index in [2.05, 4.69) is 5.32 Å². The molecule has 0 atom stereocenters. The number of nitrogen functional groups attached to an aromatic ring is 1. The molecule has 1 aliphatic carbocycles. The first-order valence-electron chi connectivity index (χ1n) is 7.05. The maximum Gasteiger partial charge on any atom is 0.251 e. The standard InChI is InChI=1S/C15H22N2O2/c1-2-17-15(18)11-8-9-13(16)14(10-11)19-12-6-4-3-5-7-12/h8-10,12H,2-7,16H2,1H3,(H,17,18). The molecule has 1 aliphatic rings. The van der Waals surface area contributed by atoms with Gasteiger partial charge in [0.25, 0.3) is 5.91 Å². The van der Waals surface area contributed by atoms with E-state index >= 15 is 0 Å². The van der Waals surface area contributed by atoms with Crippen LogP contribution in [0.25, 0.3) is 0 Å². The van der Waals surface area contributed by atoms with Gasteiger partial charge in [0.05, 0.1) is 11.8 Å². The lowest BCUT2D eigenvalue weighted by atomic mass is 9.98. The lowest BCUT2D eigenvalue weighted by Crippen LogP contribution is -2.23. The van der Waals surface area contributed by atoms with E-state index < -0.39 is 0 Å². The van der Waals surface area contributed by atoms with Gasteiger partial charge in [0.2, 0.25) is 0 Å². The second-order valence-corrected chi connectivity index (χ2v) is 4.99. The number of nitrogens with two attached hydrogens (primary N) is 1. The van der Waals surface area contributed by atoms with E-state index in [1.807, 2.05) is 6.92 Å². The van der Waals surface area contributed by atoms with Gasteiger partial charge in [-0.1, -0.05) is 6.42 Å². The fourth-order valence-electron chi connectivity index (χ4n) is 2.40. The van der Waals surface area contributed by atoms with Crippen molar-refractivity contribution in [1.29, 1.82) is 0 Å². The minimum absolute atomic E-state index is 0.0870. The summed E-state index contributed by atoms with van der Waals surface area (Å²) in [7, 11) is 0. The Labute approximate surface area is 114 Å². The molecule has 1 saturated carbocycles. The number of nitrogens with one attached hydrogen (secondary N) is 1. The van der Waals surface area contributed by atoms with Gasteiger partial charge in [-0.3, -0.25) is 4.79 Å². The molecule has 4 heteroatoms. The highest BCUT2D eigenvalue weighted by molar-refractivity contribution is 5.95. The third-order valence-corrected chi connectivity index (χ3v) is 3.46. The van der Waals surface area contributed by atoms with Gasteiger partial charge in [0.15, 0.2) is 0 Å². The molecule has 0 radical (unpaired) electrons. The largest absolute Gasteiger partial charge is 0.488 e. The Kier molecular flexibility index (Phi) is 4.66. The summed E-state index contributed by atoms with van der Waals surface area (Å²) in [5.41, 5.74) is 7.12. The van der Waals surface area contributed by atoms with Gasteiger partial charge in [-0.15, -0.1) is 0 Å². The molecule has 3 N–H and O–H groups in total. The molecule has 1 fully saturated rings. The summed E-state index contributed by atoms with van der Waals surface area (Å²) in [5.74, 6) is 0.548. The van der Waals surface area contributed by atoms with E-state index in [0.29, 0.717) is 23.5 Å². The maximum absolute atomic E-state index is 11.8. The molecule has 2 rings (SSSR count). The molecule has 0 saturated heterocycles. The van der Waals surface area contributed by atoms with Crippen LogP contribution in [-0.2, 0) is 0 Å². The topological polar surface area (TPSA) is 64.4 Å². The molecule has 1 aromatic carbocycles. The fraction of sp³-hybridized carbons (Fsp3) is 0.533. The number of amides is 1. The lowest BCUT2D eigenvalue weighted by Gasteiger charge is -2.24. The number of anilines is 1. The Balaban J connectivity index is 2.10. The zero-order valence-corrected chi connectivity index (χ0v) is 11.4. The van der Waals surface area contributed by atoms with Gasteiger partial charge in [0.1, 0.15) is 5.75 Å². The molecule has 19 heavy (non-hydrogen) atoms. The van der Waals surface area contributed by atoms with Crippen LogP contribution < -0.4 is 15.8 Å². The Morgan fingerprint density at radius 1 is 1.37 bits per heavy atom. The van der Waals surface area contributed by atoms with Gasteiger partial charge in [-0.25, -0.2) is 0 Å². The van der Waals surface area contributed by atoms with Crippen molar-refractivity contribution in [3.8, 4) is 5.75 Å². The van der Waals surface area contributed by atoms with Gasteiger partial charge < -0.3 is 15.8 Å². The molecular weight excluding hydrogens is 240 g/mol. The summed E-state index contributed by atoms with van der Waals surface area (Å²) in [6, 6.07) is 5.21. The fourth-order valence-corrected chi connectivity index (χ4v) is 2.40. The summed E-state index contributed by atoms with van der Waals surface area (Å²) >= 11 is 0. The number of carbonyl (C=O) groups excluding carboxylic acids is 1. The number of rotatable bonds is 4. The summed E-state index contributed by atoms with van der Waals surface area (Å²) in [6.45, 7) is 2.51. The van der Waals surface area contributed by atoms with Crippen LogP contribution >= 0.6 is 0 Å². The molecule has 4 nitrogen and oxygen atoms in total. The normalized spacial score (nSPS) is 16.1. The van der Waals surface area contributed by atoms with E-state index in [-0.39, 0.29) is 12.0 Å². The maximum atomic E-state index is 11.8. The van der Waals surface area contributed by atoms with Gasteiger partial charge in [0, 0.05) is 12.1 Å². The van der Waals surface area contributed by atoms with Crippen molar-refractivity contribution in [3.63, 3.8) is 0 Å². The number of hydrogen-bond acceptors (Lipinski definition) is 3. The van der Waals surface area contributed by atoms with Gasteiger partial charge >= 0.3 is 0 Å². The van der Waals surface area contributed by atoms with E-state index in [1.165, 1.54) is 19.3 Å². The monoisotopic (exact) mass is 262 g/mol. The molecule has 104 valence electrons. The zero-order chi connectivity index (χ0) is 13.7. The van der Waals surface area contributed by atoms with E-state index in [0.717, 1.165) is 12.8 Å². The Morgan fingerprint density at radius 2 is 2.11 bits per heavy atom. The Hall–Kier alpha value is -1.71. The Morgan fingerprint density at radius 3 is 2.79 bits per heavy atom. The van der Waals surface area contributed by atoms with Crippen LogP contribution in [0.5, 0.6) is 5.75 Å². The van der Waals surface area contributed by atoms with Crippen molar-refractivity contribution in [2.75, 3.05) is 12.3 Å². The average molecular weight is 262 g/mol. The van der Waals surface area contributed by atoms with Crippen LogP contribution in [0, 0.1) is 0 Å². The third kappa shape index (κ3) is 3.63. The first-order chi connectivity index (χ1) is 9.20. The number of carbonyl (C=O) groups is 1. The lowest BCUT2D eigenvalue weighted by molar-refractivity contribution is 0.0954. The van der Waals surface area contributed by atoms with Crippen LogP contribution in [0.1, 0.15) is 49.4 Å². The highest BCUT2D eigenvalue weighted by atomic mass is 16.5. The number of ether oxygens (including phenoxy) is 1. The predicted molar refractivity (Wildman–Crippen MR) is 76.4 cm³/mol. The third-order valence-electron chi connectivity index (χ3n) is 3.46. The molecule has 0 aromatic heterocycles. The molecule has 0 spiro atoms. The van der Waals surface area contributed by atoms with Crippen LogP contribution in [0.2, 0.25) is 0 Å². The number of hydrogen-bond donors (Lipinski definition) is 2. The first kappa shape index (κ1) is 13.7. The summed E-state index contributed by atoms with van der Waals surface area (Å²) in [6.07, 6.45) is 6.09. The molecule has 0 heterocycles. The molecule has 1 amide bonds. The van der Waals surface area contributed by atoms with Crippen LogP contribution in [0.3, 0.4) is 0 Å². The highest BCUT2D eigenvalue weighted by Crippen LogP contribution is 2.28. The minimum Gasteiger partial charge on any atom is -0.488 e. The number of benzene rings is 1. The minimum atomic E-state index is -0.0870. The molecule has 0 unspecified atom stereocenters. The molecule has 0 bridgehead atoms. The SMILES string of the molecule is CCNC(=O)c1ccc(N)c(OC2CCCCC2)c1. The smallest absolute Gasteiger partial charge is 0.251 e. The Bertz CT molecular complexity index is 440. The second kappa shape index (κ2) is 6.45. The van der Waals surface area contributed by atoms with Gasteiger partial charge in [-0.2, -0.15) is 0 Å².